The molecule has 0 aromatic heterocycles. The van der Waals surface area contributed by atoms with Gasteiger partial charge in [0, 0.05) is 12.1 Å². The van der Waals surface area contributed by atoms with Gasteiger partial charge in [-0.2, -0.15) is 4.39 Å². The van der Waals surface area contributed by atoms with E-state index in [0.29, 0.717) is 5.56 Å². The maximum Gasteiger partial charge on any atom is 0.309 e. The number of rotatable bonds is 2. The summed E-state index contributed by atoms with van der Waals surface area (Å²) in [6.45, 7) is 1.63. The maximum absolute atomic E-state index is 13.0. The van der Waals surface area contributed by atoms with Gasteiger partial charge in [-0.15, -0.1) is 0 Å². The Hall–Kier alpha value is -1.49. The Labute approximate surface area is 74.3 Å². The first-order chi connectivity index (χ1) is 6.07. The van der Waals surface area contributed by atoms with Crippen molar-refractivity contribution in [3.8, 4) is 0 Å². The Bertz CT molecular complexity index is 352. The molecule has 0 radical (unpaired) electrons. The van der Waals surface area contributed by atoms with Crippen molar-refractivity contribution in [3.63, 3.8) is 0 Å². The number of benzene rings is 1. The second-order valence-electron chi connectivity index (χ2n) is 2.65. The lowest BCUT2D eigenvalue weighted by atomic mass is 10.1. The van der Waals surface area contributed by atoms with Gasteiger partial charge in [0.05, 0.1) is 4.92 Å². The summed E-state index contributed by atoms with van der Waals surface area (Å²) in [5, 5.41) is 10.5. The van der Waals surface area contributed by atoms with Gasteiger partial charge in [-0.05, 0) is 18.6 Å². The number of nitrogens with two attached hydrogens (primary N) is 1. The SMILES string of the molecule is Cc1ccc(F)c([N+](=O)[O-])c1CN. The second-order valence-corrected chi connectivity index (χ2v) is 2.65. The highest BCUT2D eigenvalue weighted by Gasteiger charge is 2.20. The van der Waals surface area contributed by atoms with Crippen molar-refractivity contribution >= 4 is 5.69 Å². The van der Waals surface area contributed by atoms with E-state index in [9.17, 15) is 14.5 Å². The van der Waals surface area contributed by atoms with Gasteiger partial charge >= 0.3 is 5.69 Å². The van der Waals surface area contributed by atoms with Crippen LogP contribution in [0.3, 0.4) is 0 Å². The van der Waals surface area contributed by atoms with Gasteiger partial charge in [0.1, 0.15) is 0 Å². The third-order valence-electron chi connectivity index (χ3n) is 1.85. The average molecular weight is 184 g/mol. The maximum atomic E-state index is 13.0. The monoisotopic (exact) mass is 184 g/mol. The van der Waals surface area contributed by atoms with E-state index < -0.39 is 16.4 Å². The molecule has 0 fully saturated rings. The van der Waals surface area contributed by atoms with Crippen molar-refractivity contribution in [2.45, 2.75) is 13.5 Å². The zero-order valence-electron chi connectivity index (χ0n) is 7.08. The molecule has 0 heterocycles. The van der Waals surface area contributed by atoms with Gasteiger partial charge in [0.2, 0.25) is 5.82 Å². The van der Waals surface area contributed by atoms with Crippen LogP contribution in [-0.4, -0.2) is 4.92 Å². The Morgan fingerprint density at radius 1 is 1.62 bits per heavy atom. The van der Waals surface area contributed by atoms with Gasteiger partial charge < -0.3 is 5.73 Å². The fraction of sp³-hybridized carbons (Fsp3) is 0.250. The number of halogens is 1. The summed E-state index contributed by atoms with van der Waals surface area (Å²) in [5.74, 6) is -0.837. The van der Waals surface area contributed by atoms with Crippen LogP contribution in [0.25, 0.3) is 0 Å². The van der Waals surface area contributed by atoms with Crippen molar-refractivity contribution in [2.24, 2.45) is 5.73 Å². The molecule has 0 saturated carbocycles. The van der Waals surface area contributed by atoms with Gasteiger partial charge in [-0.25, -0.2) is 0 Å². The first-order valence-corrected chi connectivity index (χ1v) is 3.70. The molecule has 0 bridgehead atoms. The quantitative estimate of drug-likeness (QED) is 0.559. The van der Waals surface area contributed by atoms with E-state index in [1.54, 1.807) is 6.92 Å². The molecular weight excluding hydrogens is 175 g/mol. The first kappa shape index (κ1) is 9.60. The largest absolute Gasteiger partial charge is 0.326 e. The lowest BCUT2D eigenvalue weighted by Gasteiger charge is -2.03. The standard InChI is InChI=1S/C8H9FN2O2/c1-5-2-3-7(9)8(11(12)13)6(5)4-10/h2-3H,4,10H2,1H3. The minimum atomic E-state index is -0.837. The fourth-order valence-corrected chi connectivity index (χ4v) is 1.16. The fourth-order valence-electron chi connectivity index (χ4n) is 1.16. The second kappa shape index (κ2) is 3.49. The Morgan fingerprint density at radius 2 is 2.23 bits per heavy atom. The molecular formula is C8H9FN2O2. The highest BCUT2D eigenvalue weighted by molar-refractivity contribution is 5.46. The van der Waals surface area contributed by atoms with E-state index in [1.807, 2.05) is 0 Å². The van der Waals surface area contributed by atoms with Crippen LogP contribution in [0.4, 0.5) is 10.1 Å². The molecule has 1 aromatic carbocycles. The summed E-state index contributed by atoms with van der Waals surface area (Å²) in [7, 11) is 0. The highest BCUT2D eigenvalue weighted by atomic mass is 19.1. The molecule has 13 heavy (non-hydrogen) atoms. The number of aryl methyl sites for hydroxylation is 1. The molecule has 0 aliphatic heterocycles. The summed E-state index contributed by atoms with van der Waals surface area (Å²) < 4.78 is 13.0. The van der Waals surface area contributed by atoms with Crippen molar-refractivity contribution in [1.82, 2.24) is 0 Å². The number of nitrogens with zero attached hydrogens (tertiary/aromatic N) is 1. The van der Waals surface area contributed by atoms with Crippen LogP contribution < -0.4 is 5.73 Å². The van der Waals surface area contributed by atoms with E-state index in [4.69, 9.17) is 5.73 Å². The third kappa shape index (κ3) is 1.65. The highest BCUT2D eigenvalue weighted by Crippen LogP contribution is 2.24. The average Bonchev–Trinajstić information content (AvgIpc) is 2.07. The van der Waals surface area contributed by atoms with Crippen LogP contribution >= 0.6 is 0 Å². The van der Waals surface area contributed by atoms with Gasteiger partial charge in [-0.3, -0.25) is 10.1 Å². The van der Waals surface area contributed by atoms with E-state index >= 15 is 0 Å². The van der Waals surface area contributed by atoms with Crippen molar-refractivity contribution in [2.75, 3.05) is 0 Å². The molecule has 0 saturated heterocycles. The Balaban J connectivity index is 3.43. The third-order valence-corrected chi connectivity index (χ3v) is 1.85. The van der Waals surface area contributed by atoms with Crippen LogP contribution in [0.5, 0.6) is 0 Å². The summed E-state index contributed by atoms with van der Waals surface area (Å²) in [6.07, 6.45) is 0. The lowest BCUT2D eigenvalue weighted by Crippen LogP contribution is -2.06. The van der Waals surface area contributed by atoms with Crippen molar-refractivity contribution in [1.29, 1.82) is 0 Å². The number of hydrogen-bond donors (Lipinski definition) is 1. The van der Waals surface area contributed by atoms with Crippen LogP contribution in [0.2, 0.25) is 0 Å². The van der Waals surface area contributed by atoms with Crippen LogP contribution in [0, 0.1) is 22.9 Å². The summed E-state index contributed by atoms with van der Waals surface area (Å²) in [5.41, 5.74) is 5.66. The number of hydrogen-bond acceptors (Lipinski definition) is 3. The number of nitro benzene ring substituents is 1. The normalized spacial score (nSPS) is 10.1. The predicted octanol–water partition coefficient (Wildman–Crippen LogP) is 1.50. The van der Waals surface area contributed by atoms with Gasteiger partial charge in [0.25, 0.3) is 0 Å². The van der Waals surface area contributed by atoms with E-state index in [0.717, 1.165) is 6.07 Å². The topological polar surface area (TPSA) is 69.2 Å². The molecule has 2 N–H and O–H groups in total. The summed E-state index contributed by atoms with van der Waals surface area (Å²) in [4.78, 5) is 9.72. The van der Waals surface area contributed by atoms with Crippen molar-refractivity contribution in [3.05, 3.63) is 39.2 Å². The van der Waals surface area contributed by atoms with Crippen LogP contribution in [0.1, 0.15) is 11.1 Å². The molecule has 0 spiro atoms. The molecule has 1 rings (SSSR count). The van der Waals surface area contributed by atoms with E-state index in [1.165, 1.54) is 6.07 Å². The zero-order valence-corrected chi connectivity index (χ0v) is 7.08. The molecule has 1 aromatic rings. The first-order valence-electron chi connectivity index (χ1n) is 3.70. The van der Waals surface area contributed by atoms with Crippen LogP contribution in [-0.2, 0) is 6.54 Å². The van der Waals surface area contributed by atoms with E-state index in [-0.39, 0.29) is 12.1 Å². The minimum Gasteiger partial charge on any atom is -0.326 e. The van der Waals surface area contributed by atoms with Crippen molar-refractivity contribution < 1.29 is 9.31 Å². The molecule has 0 atom stereocenters. The van der Waals surface area contributed by atoms with Gasteiger partial charge in [0.15, 0.2) is 0 Å². The smallest absolute Gasteiger partial charge is 0.309 e. The molecule has 70 valence electrons. The van der Waals surface area contributed by atoms with E-state index in [2.05, 4.69) is 0 Å². The summed E-state index contributed by atoms with van der Waals surface area (Å²) in [6, 6.07) is 2.55. The van der Waals surface area contributed by atoms with Gasteiger partial charge in [-0.1, -0.05) is 6.07 Å². The Kier molecular flexibility index (Phi) is 2.57. The molecule has 0 amide bonds. The van der Waals surface area contributed by atoms with Crippen LogP contribution in [0.15, 0.2) is 12.1 Å². The molecule has 4 nitrogen and oxygen atoms in total. The Morgan fingerprint density at radius 3 is 2.62 bits per heavy atom. The minimum absolute atomic E-state index is 0.0279. The molecule has 5 heteroatoms. The molecule has 0 aliphatic carbocycles. The molecule has 0 unspecified atom stereocenters. The lowest BCUT2D eigenvalue weighted by molar-refractivity contribution is -0.388. The molecule has 0 aliphatic rings. The number of nitro groups is 1. The predicted molar refractivity (Wildman–Crippen MR) is 45.7 cm³/mol. The summed E-state index contributed by atoms with van der Waals surface area (Å²) >= 11 is 0. The zero-order chi connectivity index (χ0) is 10.0.